The molecule has 116 valence electrons. The number of nitrogens with zero attached hydrogens (tertiary/aromatic N) is 4. The Morgan fingerprint density at radius 2 is 2.45 bits per heavy atom. The van der Waals surface area contributed by atoms with Gasteiger partial charge in [0.05, 0.1) is 18.5 Å². The molecule has 8 heteroatoms. The van der Waals surface area contributed by atoms with Gasteiger partial charge in [-0.1, -0.05) is 5.16 Å². The van der Waals surface area contributed by atoms with Gasteiger partial charge in [0.2, 0.25) is 0 Å². The van der Waals surface area contributed by atoms with Crippen molar-refractivity contribution < 1.29 is 9.57 Å². The van der Waals surface area contributed by atoms with Crippen LogP contribution in [0.25, 0.3) is 11.3 Å². The molecule has 1 atom stereocenters. The Kier molecular flexibility index (Phi) is 4.55. The number of hydrogen-bond donors (Lipinski definition) is 1. The Bertz CT molecular complexity index is 673. The number of oxime groups is 1. The van der Waals surface area contributed by atoms with Crippen molar-refractivity contribution in [3.63, 3.8) is 0 Å². The average molecular weight is 322 g/mol. The number of hydrogen-bond acceptors (Lipinski definition) is 6. The topological polar surface area (TPSA) is 73.6 Å². The smallest absolute Gasteiger partial charge is 0.166 e. The SMILES string of the molecule is Cn1cc(-c2ncccc2OCC2CC(CNCl)=NO2)cn1. The molecule has 2 aromatic heterocycles. The highest BCUT2D eigenvalue weighted by atomic mass is 35.5. The Hall–Kier alpha value is -2.12. The Labute approximate surface area is 133 Å². The number of aromatic nitrogens is 3. The van der Waals surface area contributed by atoms with E-state index in [2.05, 4.69) is 20.1 Å². The molecule has 2 aromatic rings. The zero-order valence-corrected chi connectivity index (χ0v) is 12.8. The third-order valence-electron chi connectivity index (χ3n) is 3.24. The van der Waals surface area contributed by atoms with Crippen molar-refractivity contribution in [2.45, 2.75) is 12.5 Å². The first-order chi connectivity index (χ1) is 10.8. The van der Waals surface area contributed by atoms with Crippen LogP contribution in [0, 0.1) is 0 Å². The van der Waals surface area contributed by atoms with Crippen LogP contribution in [0.1, 0.15) is 6.42 Å². The lowest BCUT2D eigenvalue weighted by atomic mass is 10.2. The van der Waals surface area contributed by atoms with E-state index in [1.165, 1.54) is 0 Å². The zero-order chi connectivity index (χ0) is 15.4. The fraction of sp³-hybridized carbons (Fsp3) is 0.357. The third kappa shape index (κ3) is 3.37. The molecule has 3 heterocycles. The first kappa shape index (κ1) is 14.8. The van der Waals surface area contributed by atoms with Crippen LogP contribution in [-0.2, 0) is 11.9 Å². The largest absolute Gasteiger partial charge is 0.487 e. The summed E-state index contributed by atoms with van der Waals surface area (Å²) in [6.07, 6.45) is 5.97. The summed E-state index contributed by atoms with van der Waals surface area (Å²) in [4.78, 5) is 12.2. The molecule has 0 saturated heterocycles. The molecule has 0 bridgehead atoms. The summed E-state index contributed by atoms with van der Waals surface area (Å²) < 4.78 is 7.59. The summed E-state index contributed by atoms with van der Waals surface area (Å²) in [5, 5.41) is 8.12. The fourth-order valence-corrected chi connectivity index (χ4v) is 2.36. The van der Waals surface area contributed by atoms with Crippen LogP contribution in [0.3, 0.4) is 0 Å². The highest BCUT2D eigenvalue weighted by molar-refractivity contribution is 6.14. The quantitative estimate of drug-likeness (QED) is 0.821. The van der Waals surface area contributed by atoms with Crippen LogP contribution >= 0.6 is 11.8 Å². The van der Waals surface area contributed by atoms with Crippen LogP contribution < -0.4 is 9.57 Å². The van der Waals surface area contributed by atoms with E-state index in [4.69, 9.17) is 21.4 Å². The lowest BCUT2D eigenvalue weighted by Gasteiger charge is -2.12. The predicted octanol–water partition coefficient (Wildman–Crippen LogP) is 1.75. The van der Waals surface area contributed by atoms with E-state index in [0.29, 0.717) is 25.3 Å². The predicted molar refractivity (Wildman–Crippen MR) is 82.7 cm³/mol. The van der Waals surface area contributed by atoms with Crippen molar-refractivity contribution in [3.05, 3.63) is 30.7 Å². The second-order valence-corrected chi connectivity index (χ2v) is 5.23. The summed E-state index contributed by atoms with van der Waals surface area (Å²) >= 11 is 5.46. The third-order valence-corrected chi connectivity index (χ3v) is 3.37. The van der Waals surface area contributed by atoms with Crippen molar-refractivity contribution in [2.75, 3.05) is 13.2 Å². The van der Waals surface area contributed by atoms with Crippen LogP contribution in [0.5, 0.6) is 5.75 Å². The van der Waals surface area contributed by atoms with E-state index in [-0.39, 0.29) is 6.10 Å². The summed E-state index contributed by atoms with van der Waals surface area (Å²) in [5.74, 6) is 0.697. The van der Waals surface area contributed by atoms with E-state index >= 15 is 0 Å². The highest BCUT2D eigenvalue weighted by Gasteiger charge is 2.22. The number of rotatable bonds is 6. The van der Waals surface area contributed by atoms with E-state index in [1.54, 1.807) is 17.1 Å². The lowest BCUT2D eigenvalue weighted by Crippen LogP contribution is -2.21. The van der Waals surface area contributed by atoms with Gasteiger partial charge in [-0.3, -0.25) is 9.67 Å². The molecule has 1 N–H and O–H groups in total. The molecule has 0 aliphatic carbocycles. The van der Waals surface area contributed by atoms with Gasteiger partial charge in [-0.25, -0.2) is 4.84 Å². The van der Waals surface area contributed by atoms with Gasteiger partial charge in [0.15, 0.2) is 6.10 Å². The van der Waals surface area contributed by atoms with Crippen molar-refractivity contribution in [2.24, 2.45) is 12.2 Å². The fourth-order valence-electron chi connectivity index (χ4n) is 2.21. The summed E-state index contributed by atoms with van der Waals surface area (Å²) in [6, 6.07) is 3.72. The summed E-state index contributed by atoms with van der Waals surface area (Å²) in [5.41, 5.74) is 2.55. The minimum Gasteiger partial charge on any atom is -0.487 e. The van der Waals surface area contributed by atoms with Gasteiger partial charge >= 0.3 is 0 Å². The van der Waals surface area contributed by atoms with Gasteiger partial charge in [0.1, 0.15) is 18.1 Å². The van der Waals surface area contributed by atoms with Gasteiger partial charge in [-0.15, -0.1) is 0 Å². The maximum Gasteiger partial charge on any atom is 0.166 e. The molecule has 0 spiro atoms. The standard InChI is InChI=1S/C14H16ClN5O2/c1-20-8-10(6-18-20)14-13(3-2-4-16-14)21-9-12-5-11(7-17-15)19-22-12/h2-4,6,8,12,17H,5,7,9H2,1H3. The molecule has 1 unspecified atom stereocenters. The van der Waals surface area contributed by atoms with Gasteiger partial charge in [-0.2, -0.15) is 5.10 Å². The average Bonchev–Trinajstić information content (AvgIpc) is 3.15. The monoisotopic (exact) mass is 321 g/mol. The number of nitrogens with one attached hydrogen (secondary N) is 1. The molecule has 0 saturated carbocycles. The molecule has 1 aliphatic rings. The van der Waals surface area contributed by atoms with Gasteiger partial charge in [0.25, 0.3) is 0 Å². The number of halogens is 1. The lowest BCUT2D eigenvalue weighted by molar-refractivity contribution is 0.0471. The van der Waals surface area contributed by atoms with E-state index < -0.39 is 0 Å². The first-order valence-corrected chi connectivity index (χ1v) is 7.26. The van der Waals surface area contributed by atoms with Crippen LogP contribution in [0.2, 0.25) is 0 Å². The molecule has 3 rings (SSSR count). The second kappa shape index (κ2) is 6.76. The Morgan fingerprint density at radius 3 is 3.23 bits per heavy atom. The summed E-state index contributed by atoms with van der Waals surface area (Å²) in [6.45, 7) is 0.903. The minimum absolute atomic E-state index is 0.109. The Morgan fingerprint density at radius 1 is 1.55 bits per heavy atom. The summed E-state index contributed by atoms with van der Waals surface area (Å²) in [7, 11) is 1.86. The first-order valence-electron chi connectivity index (χ1n) is 6.88. The van der Waals surface area contributed by atoms with Crippen molar-refractivity contribution in [3.8, 4) is 17.0 Å². The van der Waals surface area contributed by atoms with Crippen LogP contribution in [-0.4, -0.2) is 39.7 Å². The minimum atomic E-state index is -0.109. The molecule has 0 aromatic carbocycles. The number of ether oxygens (including phenoxy) is 1. The maximum atomic E-state index is 5.86. The molecule has 22 heavy (non-hydrogen) atoms. The zero-order valence-electron chi connectivity index (χ0n) is 12.1. The molecule has 7 nitrogen and oxygen atoms in total. The van der Waals surface area contributed by atoms with Gasteiger partial charge in [-0.05, 0) is 23.9 Å². The van der Waals surface area contributed by atoms with Crippen LogP contribution in [0.4, 0.5) is 0 Å². The van der Waals surface area contributed by atoms with Gasteiger partial charge in [0, 0.05) is 31.4 Å². The molecule has 0 fully saturated rings. The van der Waals surface area contributed by atoms with E-state index in [0.717, 1.165) is 17.0 Å². The Balaban J connectivity index is 1.64. The second-order valence-electron chi connectivity index (χ2n) is 4.96. The molecule has 0 amide bonds. The van der Waals surface area contributed by atoms with Crippen molar-refractivity contribution >= 4 is 17.5 Å². The van der Waals surface area contributed by atoms with Crippen molar-refractivity contribution in [1.82, 2.24) is 19.6 Å². The normalized spacial score (nSPS) is 17.2. The van der Waals surface area contributed by atoms with E-state index in [9.17, 15) is 0 Å². The molecule has 0 radical (unpaired) electrons. The number of aryl methyl sites for hydroxylation is 1. The number of pyridine rings is 1. The molecular formula is C14H16ClN5O2. The maximum absolute atomic E-state index is 5.86. The highest BCUT2D eigenvalue weighted by Crippen LogP contribution is 2.27. The van der Waals surface area contributed by atoms with Crippen LogP contribution in [0.15, 0.2) is 35.9 Å². The molecular weight excluding hydrogens is 306 g/mol. The van der Waals surface area contributed by atoms with E-state index in [1.807, 2.05) is 25.4 Å². The van der Waals surface area contributed by atoms with Gasteiger partial charge < -0.3 is 9.57 Å². The van der Waals surface area contributed by atoms with Crippen molar-refractivity contribution in [1.29, 1.82) is 0 Å². The molecule has 1 aliphatic heterocycles.